The zero-order valence-electron chi connectivity index (χ0n) is 24.4. The van der Waals surface area contributed by atoms with Gasteiger partial charge in [0, 0.05) is 41.7 Å². The number of aromatic nitrogens is 3. The van der Waals surface area contributed by atoms with Crippen LogP contribution in [0.2, 0.25) is 5.02 Å². The number of benzene rings is 2. The Kier molecular flexibility index (Phi) is 8.02. The molecule has 0 bridgehead atoms. The molecule has 3 fully saturated rings. The van der Waals surface area contributed by atoms with Crippen molar-refractivity contribution in [3.8, 4) is 17.1 Å². The van der Waals surface area contributed by atoms with Crippen molar-refractivity contribution in [1.82, 2.24) is 24.6 Å². The lowest BCUT2D eigenvalue weighted by molar-refractivity contribution is 0.188. The van der Waals surface area contributed by atoms with E-state index in [1.54, 1.807) is 12.1 Å². The number of hydrogen-bond acceptors (Lipinski definition) is 10. The summed E-state index contributed by atoms with van der Waals surface area (Å²) in [6.07, 6.45) is 5.60. The number of rotatable bonds is 8. The van der Waals surface area contributed by atoms with E-state index in [2.05, 4.69) is 31.5 Å². The normalized spacial score (nSPS) is 21.8. The summed E-state index contributed by atoms with van der Waals surface area (Å²) in [6.45, 7) is 2.55. The number of likely N-dealkylation sites (tertiary alicyclic amines) is 1. The average molecular weight is 660 g/mol. The summed E-state index contributed by atoms with van der Waals surface area (Å²) in [6, 6.07) is 7.39. The first kappa shape index (κ1) is 29.8. The number of nitrogens with zero attached hydrogens (tertiary/aromatic N) is 5. The van der Waals surface area contributed by atoms with Crippen molar-refractivity contribution in [2.24, 2.45) is 0 Å². The standard InChI is InChI=1S/C30H35ClFN7O3S2/c1-38-12-4-6-18(38)16-42-30-35-27-21(15-22(31)24(25(27)32)20-7-2-8-23-26(20)34-29(33)43-23)28(36-30)39-13-3-5-17(11-14-39)37-44(40,41)19-9-10-19/h2,7-8,15,17-19,37H,3-6,9-14,16H2,1H3,(H2,33,34)/t17?,18-/m0/s1. The number of para-hydroxylation sites is 1. The zero-order valence-corrected chi connectivity index (χ0v) is 26.8. The van der Waals surface area contributed by atoms with Crippen molar-refractivity contribution in [3.63, 3.8) is 0 Å². The molecule has 4 heterocycles. The molecule has 2 saturated heterocycles. The Hall–Kier alpha value is -2.84. The average Bonchev–Trinajstić information content (AvgIpc) is 3.72. The third-order valence-electron chi connectivity index (χ3n) is 8.95. The van der Waals surface area contributed by atoms with Gasteiger partial charge in [-0.1, -0.05) is 35.1 Å². The molecule has 1 saturated carbocycles. The number of halogens is 2. The third-order valence-corrected chi connectivity index (χ3v) is 12.1. The molecule has 4 aromatic rings. The minimum atomic E-state index is -3.30. The molecule has 2 atom stereocenters. The highest BCUT2D eigenvalue weighted by Gasteiger charge is 2.37. The second-order valence-electron chi connectivity index (χ2n) is 12.0. The number of likely N-dealkylation sites (N-methyl/N-ethyl adjacent to an activating group) is 1. The molecule has 44 heavy (non-hydrogen) atoms. The first-order valence-electron chi connectivity index (χ1n) is 15.1. The summed E-state index contributed by atoms with van der Waals surface area (Å²) >= 11 is 8.18. The number of nitrogens with two attached hydrogens (primary N) is 1. The van der Waals surface area contributed by atoms with Crippen molar-refractivity contribution in [2.45, 2.75) is 62.3 Å². The topological polar surface area (TPSA) is 127 Å². The van der Waals surface area contributed by atoms with E-state index in [-0.39, 0.29) is 39.4 Å². The molecule has 0 radical (unpaired) electrons. The van der Waals surface area contributed by atoms with Crippen LogP contribution in [0.5, 0.6) is 6.01 Å². The Morgan fingerprint density at radius 2 is 1.91 bits per heavy atom. The maximum absolute atomic E-state index is 16.7. The Bertz CT molecular complexity index is 1830. The van der Waals surface area contributed by atoms with Crippen LogP contribution in [0, 0.1) is 5.82 Å². The number of thiazole rings is 1. The van der Waals surface area contributed by atoms with Gasteiger partial charge in [-0.2, -0.15) is 9.97 Å². The molecule has 10 nitrogen and oxygen atoms in total. The predicted molar refractivity (Wildman–Crippen MR) is 174 cm³/mol. The van der Waals surface area contributed by atoms with Gasteiger partial charge in [0.2, 0.25) is 10.0 Å². The van der Waals surface area contributed by atoms with Gasteiger partial charge in [0.1, 0.15) is 17.9 Å². The van der Waals surface area contributed by atoms with E-state index in [1.807, 2.05) is 12.1 Å². The molecule has 2 aromatic heterocycles. The van der Waals surface area contributed by atoms with Crippen molar-refractivity contribution in [2.75, 3.05) is 43.9 Å². The minimum absolute atomic E-state index is 0.103. The van der Waals surface area contributed by atoms with Crippen molar-refractivity contribution < 1.29 is 17.5 Å². The van der Waals surface area contributed by atoms with Gasteiger partial charge in [-0.15, -0.1) is 0 Å². The lowest BCUT2D eigenvalue weighted by Crippen LogP contribution is -2.37. The van der Waals surface area contributed by atoms with Gasteiger partial charge in [0.15, 0.2) is 10.9 Å². The lowest BCUT2D eigenvalue weighted by Gasteiger charge is -2.25. The highest BCUT2D eigenvalue weighted by atomic mass is 35.5. The molecule has 0 spiro atoms. The molecule has 7 rings (SSSR count). The van der Waals surface area contributed by atoms with Gasteiger partial charge in [-0.3, -0.25) is 0 Å². The van der Waals surface area contributed by atoms with Crippen LogP contribution < -0.4 is 20.1 Å². The largest absolute Gasteiger partial charge is 0.462 e. The van der Waals surface area contributed by atoms with Gasteiger partial charge in [-0.05, 0) is 70.7 Å². The van der Waals surface area contributed by atoms with E-state index in [0.717, 1.165) is 43.3 Å². The molecular formula is C30H35ClFN7O3S2. The molecule has 14 heteroatoms. The van der Waals surface area contributed by atoms with Crippen molar-refractivity contribution in [3.05, 3.63) is 35.1 Å². The van der Waals surface area contributed by atoms with Crippen LogP contribution in [0.25, 0.3) is 32.2 Å². The SMILES string of the molecule is CN1CCC[C@H]1COc1nc(N2CCCC(NS(=O)(=O)C3CC3)CC2)c2cc(Cl)c(-c3cccc4sc(N)nc34)c(F)c2n1. The Labute approximate surface area is 264 Å². The summed E-state index contributed by atoms with van der Waals surface area (Å²) in [5.41, 5.74) is 7.42. The smallest absolute Gasteiger partial charge is 0.319 e. The molecule has 3 N–H and O–H groups in total. The van der Waals surface area contributed by atoms with Gasteiger partial charge in [-0.25, -0.2) is 22.5 Å². The monoisotopic (exact) mass is 659 g/mol. The number of nitrogens with one attached hydrogen (secondary N) is 1. The van der Waals surface area contributed by atoms with Crippen LogP contribution in [-0.2, 0) is 10.0 Å². The summed E-state index contributed by atoms with van der Waals surface area (Å²) in [5, 5.41) is 0.812. The molecule has 3 aliphatic rings. The number of sulfonamides is 1. The number of fused-ring (bicyclic) bond motifs is 2. The van der Waals surface area contributed by atoms with E-state index in [9.17, 15) is 8.42 Å². The molecule has 234 valence electrons. The van der Waals surface area contributed by atoms with Crippen molar-refractivity contribution in [1.29, 1.82) is 0 Å². The highest BCUT2D eigenvalue weighted by Crippen LogP contribution is 2.42. The van der Waals surface area contributed by atoms with Crippen LogP contribution in [0.4, 0.5) is 15.3 Å². The van der Waals surface area contributed by atoms with Gasteiger partial charge in [0.05, 0.1) is 20.5 Å². The first-order valence-corrected chi connectivity index (χ1v) is 17.9. The first-order chi connectivity index (χ1) is 21.2. The maximum atomic E-state index is 16.7. The molecule has 2 aromatic carbocycles. The fourth-order valence-electron chi connectivity index (χ4n) is 6.37. The number of hydrogen-bond donors (Lipinski definition) is 2. The summed E-state index contributed by atoms with van der Waals surface area (Å²) in [5.74, 6) is -0.0538. The molecule has 2 aliphatic heterocycles. The number of anilines is 2. The molecule has 1 aliphatic carbocycles. The van der Waals surface area contributed by atoms with Crippen LogP contribution in [0.3, 0.4) is 0 Å². The second-order valence-corrected chi connectivity index (χ2v) is 15.5. The van der Waals surface area contributed by atoms with Gasteiger partial charge in [0.25, 0.3) is 0 Å². The molecular weight excluding hydrogens is 625 g/mol. The molecule has 1 unspecified atom stereocenters. The number of ether oxygens (including phenoxy) is 1. The quantitative estimate of drug-likeness (QED) is 0.263. The number of nitrogen functional groups attached to an aromatic ring is 1. The third kappa shape index (κ3) is 5.80. The summed E-state index contributed by atoms with van der Waals surface area (Å²) in [4.78, 5) is 18.2. The van der Waals surface area contributed by atoms with E-state index in [4.69, 9.17) is 27.1 Å². The van der Waals surface area contributed by atoms with E-state index < -0.39 is 15.8 Å². The zero-order chi connectivity index (χ0) is 30.6. The van der Waals surface area contributed by atoms with Crippen LogP contribution in [0.1, 0.15) is 44.9 Å². The molecule has 0 amide bonds. The van der Waals surface area contributed by atoms with Gasteiger partial charge >= 0.3 is 6.01 Å². The van der Waals surface area contributed by atoms with Gasteiger partial charge < -0.3 is 20.3 Å². The lowest BCUT2D eigenvalue weighted by atomic mass is 10.0. The maximum Gasteiger partial charge on any atom is 0.319 e. The summed E-state index contributed by atoms with van der Waals surface area (Å²) in [7, 11) is -1.23. The Morgan fingerprint density at radius 3 is 2.68 bits per heavy atom. The van der Waals surface area contributed by atoms with E-state index in [1.165, 1.54) is 11.3 Å². The van der Waals surface area contributed by atoms with E-state index >= 15 is 4.39 Å². The highest BCUT2D eigenvalue weighted by molar-refractivity contribution is 7.90. The minimum Gasteiger partial charge on any atom is -0.462 e. The van der Waals surface area contributed by atoms with Crippen LogP contribution >= 0.6 is 22.9 Å². The van der Waals surface area contributed by atoms with Crippen LogP contribution in [0.15, 0.2) is 24.3 Å². The van der Waals surface area contributed by atoms with E-state index in [0.29, 0.717) is 60.0 Å². The van der Waals surface area contributed by atoms with Crippen LogP contribution in [-0.4, -0.2) is 78.9 Å². The fourth-order valence-corrected chi connectivity index (χ4v) is 9.08. The summed E-state index contributed by atoms with van der Waals surface area (Å²) < 4.78 is 51.8. The Morgan fingerprint density at radius 1 is 1.09 bits per heavy atom. The van der Waals surface area contributed by atoms with Crippen molar-refractivity contribution >= 4 is 65.0 Å². The fraction of sp³-hybridized carbons (Fsp3) is 0.500. The second kappa shape index (κ2) is 11.8. The predicted octanol–water partition coefficient (Wildman–Crippen LogP) is 5.19. The Balaban J connectivity index is 1.28.